The third-order valence-electron chi connectivity index (χ3n) is 3.14. The van der Waals surface area contributed by atoms with Gasteiger partial charge in [0.1, 0.15) is 0 Å². The summed E-state index contributed by atoms with van der Waals surface area (Å²) in [5, 5.41) is 1.60. The lowest BCUT2D eigenvalue weighted by Gasteiger charge is -2.23. The highest BCUT2D eigenvalue weighted by Crippen LogP contribution is 2.25. The molecule has 0 spiro atoms. The van der Waals surface area contributed by atoms with Crippen molar-refractivity contribution in [1.82, 2.24) is 0 Å². The van der Waals surface area contributed by atoms with Crippen molar-refractivity contribution >= 4 is 24.6 Å². The Morgan fingerprint density at radius 1 is 1.13 bits per heavy atom. The first-order valence-corrected chi connectivity index (χ1v) is 9.59. The summed E-state index contributed by atoms with van der Waals surface area (Å²) >= 11 is -1.48. The van der Waals surface area contributed by atoms with E-state index >= 15 is 0 Å². The van der Waals surface area contributed by atoms with Gasteiger partial charge in [-0.1, -0.05) is 43.7 Å². The zero-order chi connectivity index (χ0) is 11.3. The topological polar surface area (TPSA) is 43.4 Å². The second-order valence-corrected chi connectivity index (χ2v) is 9.59. The fourth-order valence-corrected chi connectivity index (χ4v) is 6.77. The van der Waals surface area contributed by atoms with Crippen molar-refractivity contribution in [1.29, 1.82) is 0 Å². The van der Waals surface area contributed by atoms with Gasteiger partial charge in [-0.15, -0.1) is 0 Å². The van der Waals surface area contributed by atoms with Crippen molar-refractivity contribution in [3.8, 4) is 0 Å². The molecule has 1 rings (SSSR count). The Kier molecular flexibility index (Phi) is 5.62. The van der Waals surface area contributed by atoms with Gasteiger partial charge in [-0.2, -0.15) is 0 Å². The van der Waals surface area contributed by atoms with Crippen LogP contribution in [0.1, 0.15) is 46.0 Å². The van der Waals surface area contributed by atoms with Crippen molar-refractivity contribution in [2.45, 2.75) is 61.8 Å². The Hall–Kier alpha value is 0.442. The highest BCUT2D eigenvalue weighted by atomic mass is 32.2. The average molecular weight is 248 g/mol. The predicted molar refractivity (Wildman–Crippen MR) is 63.6 cm³/mol. The van der Waals surface area contributed by atoms with E-state index in [0.29, 0.717) is 0 Å². The summed E-state index contributed by atoms with van der Waals surface area (Å²) in [6.07, 6.45) is 4.86. The van der Waals surface area contributed by atoms with Crippen molar-refractivity contribution in [2.24, 2.45) is 0 Å². The molecule has 1 fully saturated rings. The van der Waals surface area contributed by atoms with Gasteiger partial charge < -0.3 is 3.23 Å². The van der Waals surface area contributed by atoms with E-state index in [2.05, 4.69) is 0 Å². The molecule has 0 bridgehead atoms. The van der Waals surface area contributed by atoms with Gasteiger partial charge >= 0.3 is 14.5 Å². The van der Waals surface area contributed by atoms with Crippen LogP contribution in [0.3, 0.4) is 0 Å². The molecule has 0 aliphatic heterocycles. The van der Waals surface area contributed by atoms with Crippen LogP contribution in [0.4, 0.5) is 0 Å². The van der Waals surface area contributed by atoms with E-state index in [1.165, 1.54) is 6.42 Å². The van der Waals surface area contributed by atoms with E-state index in [-0.39, 0.29) is 5.25 Å². The molecule has 0 N–H and O–H groups in total. The van der Waals surface area contributed by atoms with Gasteiger partial charge in [-0.25, -0.2) is 8.42 Å². The summed E-state index contributed by atoms with van der Waals surface area (Å²) < 4.78 is 29.2. The van der Waals surface area contributed by atoms with E-state index in [1.54, 1.807) is 0 Å². The molecule has 88 valence electrons. The predicted octanol–water partition coefficient (Wildman–Crippen LogP) is 2.70. The molecule has 15 heavy (non-hydrogen) atoms. The highest BCUT2D eigenvalue weighted by molar-refractivity contribution is 7.88. The van der Waals surface area contributed by atoms with Crippen LogP contribution in [0, 0.1) is 0 Å². The minimum absolute atomic E-state index is 0.209. The molecular weight excluding hydrogens is 227 g/mol. The number of hydrogen-bond acceptors (Lipinski definition) is 3. The molecule has 0 amide bonds. The third kappa shape index (κ3) is 4.07. The van der Waals surface area contributed by atoms with Crippen LogP contribution in [0.15, 0.2) is 0 Å². The van der Waals surface area contributed by atoms with E-state index in [4.69, 9.17) is 3.23 Å². The van der Waals surface area contributed by atoms with Gasteiger partial charge in [-0.3, -0.25) is 0 Å². The molecule has 5 heteroatoms. The van der Waals surface area contributed by atoms with E-state index in [0.717, 1.165) is 36.2 Å². The van der Waals surface area contributed by atoms with E-state index < -0.39 is 24.6 Å². The minimum Gasteiger partial charge on any atom is -0.398 e. The van der Waals surface area contributed by atoms with Crippen LogP contribution >= 0.6 is 0 Å². The standard InChI is InChI=1S/C6H12O3S.2C2H5.Al/c7-10(8,9)6-4-2-1-3-5-6;2*1-2;/h6H,1-5H2,(H,7,8,9);2*1H2,2H3;/q;;;+1/p-1. The average Bonchev–Trinajstić information content (AvgIpc) is 2.27. The van der Waals surface area contributed by atoms with Crippen molar-refractivity contribution < 1.29 is 11.7 Å². The molecule has 0 unspecified atom stereocenters. The first-order valence-electron chi connectivity index (χ1n) is 6.02. The molecule has 0 aromatic rings. The maximum absolute atomic E-state index is 11.9. The number of rotatable bonds is 5. The first kappa shape index (κ1) is 13.5. The fourth-order valence-electron chi connectivity index (χ4n) is 2.05. The van der Waals surface area contributed by atoms with Crippen LogP contribution in [0.2, 0.25) is 10.6 Å². The third-order valence-corrected chi connectivity index (χ3v) is 8.41. The van der Waals surface area contributed by atoms with Crippen LogP contribution < -0.4 is 0 Å². The summed E-state index contributed by atoms with van der Waals surface area (Å²) in [5.41, 5.74) is 0. The minimum atomic E-state index is -3.25. The largest absolute Gasteiger partial charge is 0.483 e. The Balaban J connectivity index is 2.56. The molecule has 0 aromatic carbocycles. The molecule has 0 radical (unpaired) electrons. The van der Waals surface area contributed by atoms with Crippen LogP contribution in [0.5, 0.6) is 0 Å². The molecule has 0 saturated heterocycles. The van der Waals surface area contributed by atoms with Gasteiger partial charge in [0.2, 0.25) is 10.1 Å². The van der Waals surface area contributed by atoms with Gasteiger partial charge in [-0.05, 0) is 12.8 Å². The molecule has 3 nitrogen and oxygen atoms in total. The van der Waals surface area contributed by atoms with Crippen LogP contribution in [0.25, 0.3) is 0 Å². The van der Waals surface area contributed by atoms with Gasteiger partial charge in [0.05, 0.1) is 5.25 Å². The maximum atomic E-state index is 11.9. The van der Waals surface area contributed by atoms with Crippen LogP contribution in [-0.2, 0) is 13.4 Å². The Labute approximate surface area is 98.1 Å². The van der Waals surface area contributed by atoms with Crippen molar-refractivity contribution in [3.05, 3.63) is 0 Å². The molecular formula is C10H21AlO3S. The zero-order valence-electron chi connectivity index (χ0n) is 9.74. The van der Waals surface area contributed by atoms with Gasteiger partial charge in [0.15, 0.2) is 0 Å². The number of hydrogen-bond donors (Lipinski definition) is 0. The summed E-state index contributed by atoms with van der Waals surface area (Å²) in [5.74, 6) is 0. The monoisotopic (exact) mass is 248 g/mol. The van der Waals surface area contributed by atoms with E-state index in [1.807, 2.05) is 13.8 Å². The van der Waals surface area contributed by atoms with E-state index in [9.17, 15) is 8.42 Å². The SMILES string of the molecule is C[CH2][Al]([CH2]C)[O]S(=O)(=O)C1CCCCC1. The first-order chi connectivity index (χ1) is 7.10. The second-order valence-electron chi connectivity index (χ2n) is 4.29. The smallest absolute Gasteiger partial charge is 0.398 e. The van der Waals surface area contributed by atoms with Gasteiger partial charge in [0, 0.05) is 0 Å². The highest BCUT2D eigenvalue weighted by Gasteiger charge is 2.31. The molecule has 0 atom stereocenters. The summed E-state index contributed by atoms with van der Waals surface area (Å²) in [7, 11) is -3.25. The maximum Gasteiger partial charge on any atom is 0.483 e. The molecule has 1 aliphatic rings. The lowest BCUT2D eigenvalue weighted by molar-refractivity contribution is 0.431. The summed E-state index contributed by atoms with van der Waals surface area (Å²) in [4.78, 5) is 0. The summed E-state index contributed by atoms with van der Waals surface area (Å²) in [6, 6.07) is 0. The normalized spacial score (nSPS) is 19.1. The Morgan fingerprint density at radius 2 is 1.67 bits per heavy atom. The molecule has 1 aliphatic carbocycles. The molecule has 1 saturated carbocycles. The quantitative estimate of drug-likeness (QED) is 0.703. The molecule has 0 aromatic heterocycles. The Morgan fingerprint density at radius 3 is 2.13 bits per heavy atom. The summed E-state index contributed by atoms with van der Waals surface area (Å²) in [6.45, 7) is 4.05. The Bertz CT molecular complexity index is 266. The fraction of sp³-hybridized carbons (Fsp3) is 1.00. The second kappa shape index (κ2) is 6.25. The van der Waals surface area contributed by atoms with Crippen molar-refractivity contribution in [2.75, 3.05) is 0 Å². The van der Waals surface area contributed by atoms with Crippen molar-refractivity contribution in [3.63, 3.8) is 0 Å². The zero-order valence-corrected chi connectivity index (χ0v) is 11.7. The van der Waals surface area contributed by atoms with Gasteiger partial charge in [0.25, 0.3) is 0 Å². The van der Waals surface area contributed by atoms with Crippen LogP contribution in [-0.4, -0.2) is 28.2 Å². The molecule has 0 heterocycles. The lowest BCUT2D eigenvalue weighted by atomic mass is 10.0. The lowest BCUT2D eigenvalue weighted by Crippen LogP contribution is -2.31.